The molecule has 1 fully saturated rings. The summed E-state index contributed by atoms with van der Waals surface area (Å²) < 4.78 is 0. The Balaban J connectivity index is 1.81. The van der Waals surface area contributed by atoms with Gasteiger partial charge in [-0.15, -0.1) is 0 Å². The number of carbonyl (C=O) groups excluding carboxylic acids is 1. The quantitative estimate of drug-likeness (QED) is 0.770. The van der Waals surface area contributed by atoms with E-state index in [0.717, 1.165) is 24.3 Å². The molecule has 1 unspecified atom stereocenters. The molecule has 22 heavy (non-hydrogen) atoms. The molecule has 4 heteroatoms. The summed E-state index contributed by atoms with van der Waals surface area (Å²) in [5, 5.41) is 11.9. The van der Waals surface area contributed by atoms with Crippen molar-refractivity contribution in [2.24, 2.45) is 5.92 Å². The van der Waals surface area contributed by atoms with E-state index in [0.29, 0.717) is 6.42 Å². The van der Waals surface area contributed by atoms with Gasteiger partial charge in [-0.1, -0.05) is 56.0 Å². The predicted molar refractivity (Wildman–Crippen MR) is 85.4 cm³/mol. The Hall–Kier alpha value is -1.84. The van der Waals surface area contributed by atoms with E-state index in [-0.39, 0.29) is 12.3 Å². The molecule has 2 N–H and O–H groups in total. The molecule has 1 saturated carbocycles. The van der Waals surface area contributed by atoms with Crippen LogP contribution in [0.3, 0.4) is 0 Å². The maximum absolute atomic E-state index is 12.1. The van der Waals surface area contributed by atoms with Gasteiger partial charge in [0.2, 0.25) is 5.91 Å². The summed E-state index contributed by atoms with van der Waals surface area (Å²) >= 11 is 0. The molecule has 1 aliphatic rings. The number of amides is 1. The van der Waals surface area contributed by atoms with E-state index in [2.05, 4.69) is 5.32 Å². The summed E-state index contributed by atoms with van der Waals surface area (Å²) in [6.07, 6.45) is 7.66. The molecule has 2 rings (SSSR count). The fourth-order valence-electron chi connectivity index (χ4n) is 3.23. The highest BCUT2D eigenvalue weighted by Crippen LogP contribution is 2.29. The summed E-state index contributed by atoms with van der Waals surface area (Å²) in [6.45, 7) is 0. The van der Waals surface area contributed by atoms with Crippen LogP contribution in [0.5, 0.6) is 0 Å². The molecule has 1 atom stereocenters. The second kappa shape index (κ2) is 8.57. The third kappa shape index (κ3) is 5.51. The van der Waals surface area contributed by atoms with Crippen LogP contribution in [-0.4, -0.2) is 17.0 Å². The number of rotatable bonds is 8. The van der Waals surface area contributed by atoms with Gasteiger partial charge < -0.3 is 10.4 Å². The van der Waals surface area contributed by atoms with Crippen LogP contribution in [0.15, 0.2) is 30.3 Å². The van der Waals surface area contributed by atoms with Gasteiger partial charge in [0.25, 0.3) is 0 Å². The number of hydrogen-bond donors (Lipinski definition) is 2. The van der Waals surface area contributed by atoms with Gasteiger partial charge in [-0.2, -0.15) is 0 Å². The third-order valence-corrected chi connectivity index (χ3v) is 4.41. The molecule has 120 valence electrons. The largest absolute Gasteiger partial charge is 0.481 e. The normalized spacial score (nSPS) is 16.4. The number of aliphatic carboxylic acids is 1. The van der Waals surface area contributed by atoms with Crippen molar-refractivity contribution in [3.63, 3.8) is 0 Å². The molecule has 0 bridgehead atoms. The topological polar surface area (TPSA) is 66.4 Å². The SMILES string of the molecule is O=C(O)CC(NC(=O)CCCC1CCCC1)c1ccccc1. The first-order valence-electron chi connectivity index (χ1n) is 8.21. The molecular weight excluding hydrogens is 278 g/mol. The van der Waals surface area contributed by atoms with E-state index < -0.39 is 12.0 Å². The molecule has 0 aromatic heterocycles. The first-order chi connectivity index (χ1) is 10.6. The molecule has 1 aliphatic carbocycles. The van der Waals surface area contributed by atoms with Crippen LogP contribution in [-0.2, 0) is 9.59 Å². The van der Waals surface area contributed by atoms with Crippen LogP contribution in [0.2, 0.25) is 0 Å². The van der Waals surface area contributed by atoms with Gasteiger partial charge >= 0.3 is 5.97 Å². The van der Waals surface area contributed by atoms with Crippen LogP contribution in [0.4, 0.5) is 0 Å². The van der Waals surface area contributed by atoms with Crippen LogP contribution in [0.1, 0.15) is 63.0 Å². The zero-order valence-corrected chi connectivity index (χ0v) is 13.0. The van der Waals surface area contributed by atoms with Crippen LogP contribution in [0, 0.1) is 5.92 Å². The second-order valence-electron chi connectivity index (χ2n) is 6.17. The van der Waals surface area contributed by atoms with Crippen molar-refractivity contribution in [3.05, 3.63) is 35.9 Å². The van der Waals surface area contributed by atoms with Gasteiger partial charge in [0.05, 0.1) is 12.5 Å². The van der Waals surface area contributed by atoms with Gasteiger partial charge in [-0.25, -0.2) is 0 Å². The van der Waals surface area contributed by atoms with E-state index in [4.69, 9.17) is 5.11 Å². The maximum Gasteiger partial charge on any atom is 0.305 e. The average Bonchev–Trinajstić information content (AvgIpc) is 3.00. The molecule has 1 aromatic rings. The Morgan fingerprint density at radius 1 is 1.18 bits per heavy atom. The first-order valence-corrected chi connectivity index (χ1v) is 8.21. The Morgan fingerprint density at radius 3 is 2.50 bits per heavy atom. The highest BCUT2D eigenvalue weighted by molar-refractivity contribution is 5.77. The van der Waals surface area contributed by atoms with Gasteiger partial charge in [-0.3, -0.25) is 9.59 Å². The van der Waals surface area contributed by atoms with E-state index in [9.17, 15) is 9.59 Å². The maximum atomic E-state index is 12.1. The standard InChI is InChI=1S/C18H25NO3/c20-17(12-6-9-14-7-4-5-8-14)19-16(13-18(21)22)15-10-2-1-3-11-15/h1-3,10-11,14,16H,4-9,12-13H2,(H,19,20)(H,21,22). The molecule has 0 radical (unpaired) electrons. The minimum absolute atomic E-state index is 0.0481. The Kier molecular flexibility index (Phi) is 6.44. The Bertz CT molecular complexity index is 480. The fourth-order valence-corrected chi connectivity index (χ4v) is 3.23. The predicted octanol–water partition coefficient (Wildman–Crippen LogP) is 3.68. The van der Waals surface area contributed by atoms with E-state index in [1.54, 1.807) is 0 Å². The third-order valence-electron chi connectivity index (χ3n) is 4.41. The summed E-state index contributed by atoms with van der Waals surface area (Å²) in [4.78, 5) is 23.1. The molecule has 4 nitrogen and oxygen atoms in total. The van der Waals surface area contributed by atoms with Crippen molar-refractivity contribution < 1.29 is 14.7 Å². The highest BCUT2D eigenvalue weighted by Gasteiger charge is 2.19. The smallest absolute Gasteiger partial charge is 0.305 e. The zero-order chi connectivity index (χ0) is 15.8. The molecule has 0 saturated heterocycles. The second-order valence-corrected chi connectivity index (χ2v) is 6.17. The molecule has 0 spiro atoms. The Labute approximate surface area is 131 Å². The van der Waals surface area contributed by atoms with Gasteiger partial charge in [0.1, 0.15) is 0 Å². The minimum atomic E-state index is -0.903. The molecule has 0 heterocycles. The summed E-state index contributed by atoms with van der Waals surface area (Å²) in [7, 11) is 0. The van der Waals surface area contributed by atoms with Crippen molar-refractivity contribution in [1.82, 2.24) is 5.32 Å². The fraction of sp³-hybridized carbons (Fsp3) is 0.556. The van der Waals surface area contributed by atoms with Gasteiger partial charge in [0, 0.05) is 6.42 Å². The zero-order valence-electron chi connectivity index (χ0n) is 13.0. The molecule has 0 aliphatic heterocycles. The number of hydrogen-bond acceptors (Lipinski definition) is 2. The number of carbonyl (C=O) groups is 2. The summed E-state index contributed by atoms with van der Waals surface area (Å²) in [6, 6.07) is 8.86. The van der Waals surface area contributed by atoms with E-state index in [1.165, 1.54) is 25.7 Å². The van der Waals surface area contributed by atoms with E-state index >= 15 is 0 Å². The van der Waals surface area contributed by atoms with E-state index in [1.807, 2.05) is 30.3 Å². The highest BCUT2D eigenvalue weighted by atomic mass is 16.4. The lowest BCUT2D eigenvalue weighted by Gasteiger charge is -2.17. The van der Waals surface area contributed by atoms with Gasteiger partial charge in [0.15, 0.2) is 0 Å². The average molecular weight is 303 g/mol. The Morgan fingerprint density at radius 2 is 1.86 bits per heavy atom. The van der Waals surface area contributed by atoms with Crippen molar-refractivity contribution in [2.75, 3.05) is 0 Å². The van der Waals surface area contributed by atoms with Crippen molar-refractivity contribution >= 4 is 11.9 Å². The van der Waals surface area contributed by atoms with Crippen molar-refractivity contribution in [1.29, 1.82) is 0 Å². The lowest BCUT2D eigenvalue weighted by atomic mass is 10.00. The minimum Gasteiger partial charge on any atom is -0.481 e. The van der Waals surface area contributed by atoms with Gasteiger partial charge in [-0.05, 0) is 24.3 Å². The number of nitrogens with one attached hydrogen (secondary N) is 1. The number of benzene rings is 1. The lowest BCUT2D eigenvalue weighted by Crippen LogP contribution is -2.30. The van der Waals surface area contributed by atoms with Crippen LogP contribution in [0.25, 0.3) is 0 Å². The first kappa shape index (κ1) is 16.5. The lowest BCUT2D eigenvalue weighted by molar-refractivity contribution is -0.137. The number of carboxylic acid groups (broad SMARTS) is 1. The van der Waals surface area contributed by atoms with Crippen LogP contribution < -0.4 is 5.32 Å². The molecule has 1 amide bonds. The van der Waals surface area contributed by atoms with Crippen LogP contribution >= 0.6 is 0 Å². The molecule has 1 aromatic carbocycles. The summed E-state index contributed by atoms with van der Waals surface area (Å²) in [5.41, 5.74) is 0.842. The summed E-state index contributed by atoms with van der Waals surface area (Å²) in [5.74, 6) is -0.162. The monoisotopic (exact) mass is 303 g/mol. The molecular formula is C18H25NO3. The number of carboxylic acids is 1. The van der Waals surface area contributed by atoms with Crippen molar-refractivity contribution in [3.8, 4) is 0 Å². The van der Waals surface area contributed by atoms with Crippen molar-refractivity contribution in [2.45, 2.75) is 57.4 Å².